The first-order chi connectivity index (χ1) is 12.5. The van der Waals surface area contributed by atoms with E-state index < -0.39 is 0 Å². The lowest BCUT2D eigenvalue weighted by Crippen LogP contribution is -2.30. The molecule has 0 unspecified atom stereocenters. The van der Waals surface area contributed by atoms with Crippen LogP contribution in [0.5, 0.6) is 0 Å². The largest absolute Gasteiger partial charge is 0.393 e. The number of halogens is 1. The van der Waals surface area contributed by atoms with Gasteiger partial charge in [-0.25, -0.2) is 9.97 Å². The van der Waals surface area contributed by atoms with Crippen LogP contribution in [0.25, 0.3) is 0 Å². The summed E-state index contributed by atoms with van der Waals surface area (Å²) in [7, 11) is 0. The molecule has 0 radical (unpaired) electrons. The summed E-state index contributed by atoms with van der Waals surface area (Å²) in [5, 5.41) is 3.68. The van der Waals surface area contributed by atoms with Crippen molar-refractivity contribution < 1.29 is 4.79 Å². The second-order valence-corrected chi connectivity index (χ2v) is 6.00. The van der Waals surface area contributed by atoms with Crippen molar-refractivity contribution in [3.05, 3.63) is 71.0 Å². The predicted molar refractivity (Wildman–Crippen MR) is 103 cm³/mol. The average Bonchev–Trinajstić information content (AvgIpc) is 2.64. The van der Waals surface area contributed by atoms with Gasteiger partial charge in [0.05, 0.1) is 0 Å². The van der Waals surface area contributed by atoms with Gasteiger partial charge in [0.1, 0.15) is 12.0 Å². The fourth-order valence-electron chi connectivity index (χ4n) is 2.16. The molecule has 132 valence electrons. The van der Waals surface area contributed by atoms with E-state index in [0.29, 0.717) is 16.4 Å². The molecule has 0 aliphatic carbocycles. The maximum Gasteiger partial charge on any atom is 0.269 e. The standard InChI is InChI=1S/C18H17ClN6O/c1-11-2-8-14(9-3-11)23-16-15(20)17(22-10-21-16)24-25-18(26)12-4-6-13(19)7-5-12/h2-10H,20H2,1H3,(H,25,26)(H2,21,22,23,24). The Bertz CT molecular complexity index is 912. The average molecular weight is 369 g/mol. The molecule has 8 heteroatoms. The summed E-state index contributed by atoms with van der Waals surface area (Å²) < 4.78 is 0. The first-order valence-corrected chi connectivity index (χ1v) is 8.17. The number of nitrogens with zero attached hydrogens (tertiary/aromatic N) is 2. The summed E-state index contributed by atoms with van der Waals surface area (Å²) >= 11 is 5.81. The van der Waals surface area contributed by atoms with E-state index in [1.807, 2.05) is 31.2 Å². The number of carbonyl (C=O) groups excluding carboxylic acids is 1. The quantitative estimate of drug-likeness (QED) is 0.513. The van der Waals surface area contributed by atoms with E-state index >= 15 is 0 Å². The third-order valence-electron chi connectivity index (χ3n) is 3.60. The molecule has 3 aromatic rings. The maximum absolute atomic E-state index is 12.1. The van der Waals surface area contributed by atoms with Crippen LogP contribution in [-0.2, 0) is 0 Å². The van der Waals surface area contributed by atoms with Crippen molar-refractivity contribution in [1.82, 2.24) is 15.4 Å². The van der Waals surface area contributed by atoms with Crippen LogP contribution in [0.15, 0.2) is 54.9 Å². The van der Waals surface area contributed by atoms with Crippen molar-refractivity contribution in [1.29, 1.82) is 0 Å². The van der Waals surface area contributed by atoms with E-state index in [4.69, 9.17) is 17.3 Å². The normalized spacial score (nSPS) is 10.2. The number of carbonyl (C=O) groups is 1. The Labute approximate surface area is 155 Å². The zero-order valence-corrected chi connectivity index (χ0v) is 14.7. The van der Waals surface area contributed by atoms with Gasteiger partial charge in [-0.1, -0.05) is 29.3 Å². The van der Waals surface area contributed by atoms with E-state index in [0.717, 1.165) is 11.3 Å². The van der Waals surface area contributed by atoms with Crippen molar-refractivity contribution in [2.24, 2.45) is 0 Å². The molecule has 0 bridgehead atoms. The van der Waals surface area contributed by atoms with Crippen LogP contribution in [0, 0.1) is 6.92 Å². The number of hydrogen-bond donors (Lipinski definition) is 4. The fourth-order valence-corrected chi connectivity index (χ4v) is 2.28. The Morgan fingerprint density at radius 3 is 2.35 bits per heavy atom. The van der Waals surface area contributed by atoms with Gasteiger partial charge in [0.2, 0.25) is 0 Å². The number of aromatic nitrogens is 2. The van der Waals surface area contributed by atoms with Crippen molar-refractivity contribution in [2.45, 2.75) is 6.92 Å². The molecule has 0 atom stereocenters. The molecule has 1 amide bonds. The molecule has 0 saturated carbocycles. The molecule has 7 nitrogen and oxygen atoms in total. The molecule has 0 aliphatic heterocycles. The summed E-state index contributed by atoms with van der Waals surface area (Å²) in [6.07, 6.45) is 1.35. The molecule has 2 aromatic carbocycles. The SMILES string of the molecule is Cc1ccc(Nc2ncnc(NNC(=O)c3ccc(Cl)cc3)c2N)cc1. The van der Waals surface area contributed by atoms with Gasteiger partial charge in [0, 0.05) is 16.3 Å². The Hall–Kier alpha value is -3.32. The highest BCUT2D eigenvalue weighted by atomic mass is 35.5. The van der Waals surface area contributed by atoms with Crippen LogP contribution in [0.4, 0.5) is 23.0 Å². The van der Waals surface area contributed by atoms with Gasteiger partial charge in [-0.05, 0) is 43.3 Å². The molecule has 1 heterocycles. The van der Waals surface area contributed by atoms with Crippen LogP contribution < -0.4 is 21.9 Å². The van der Waals surface area contributed by atoms with Gasteiger partial charge in [0.15, 0.2) is 11.6 Å². The highest BCUT2D eigenvalue weighted by Gasteiger charge is 2.10. The number of anilines is 4. The van der Waals surface area contributed by atoms with E-state index in [9.17, 15) is 4.79 Å². The van der Waals surface area contributed by atoms with Crippen LogP contribution in [0.1, 0.15) is 15.9 Å². The molecule has 0 saturated heterocycles. The van der Waals surface area contributed by atoms with Crippen LogP contribution in [0.3, 0.4) is 0 Å². The summed E-state index contributed by atoms with van der Waals surface area (Å²) in [5.41, 5.74) is 14.1. The molecule has 1 aromatic heterocycles. The second kappa shape index (κ2) is 7.71. The lowest BCUT2D eigenvalue weighted by atomic mass is 10.2. The summed E-state index contributed by atoms with van der Waals surface area (Å²) in [5.74, 6) is 0.386. The van der Waals surface area contributed by atoms with Gasteiger partial charge in [-0.3, -0.25) is 15.6 Å². The lowest BCUT2D eigenvalue weighted by molar-refractivity contribution is 0.0962. The number of hydrogen-bond acceptors (Lipinski definition) is 6. The number of nitrogen functional groups attached to an aromatic ring is 1. The van der Waals surface area contributed by atoms with Crippen molar-refractivity contribution in [3.63, 3.8) is 0 Å². The Morgan fingerprint density at radius 1 is 1.00 bits per heavy atom. The van der Waals surface area contributed by atoms with Crippen LogP contribution >= 0.6 is 11.6 Å². The summed E-state index contributed by atoms with van der Waals surface area (Å²) in [6, 6.07) is 14.3. The molecule has 0 aliphatic rings. The van der Waals surface area contributed by atoms with E-state index in [1.54, 1.807) is 24.3 Å². The van der Waals surface area contributed by atoms with Crippen molar-refractivity contribution in [3.8, 4) is 0 Å². The smallest absolute Gasteiger partial charge is 0.269 e. The molecule has 26 heavy (non-hydrogen) atoms. The molecule has 0 spiro atoms. The van der Waals surface area contributed by atoms with Gasteiger partial charge in [-0.2, -0.15) is 0 Å². The van der Waals surface area contributed by atoms with Crippen LogP contribution in [0.2, 0.25) is 5.02 Å². The minimum absolute atomic E-state index is 0.282. The fraction of sp³-hybridized carbons (Fsp3) is 0.0556. The van der Waals surface area contributed by atoms with Gasteiger partial charge in [0.25, 0.3) is 5.91 Å². The van der Waals surface area contributed by atoms with Gasteiger partial charge >= 0.3 is 0 Å². The molecular weight excluding hydrogens is 352 g/mol. The minimum atomic E-state index is -0.340. The van der Waals surface area contributed by atoms with E-state index in [-0.39, 0.29) is 17.4 Å². The first kappa shape index (κ1) is 17.5. The molecule has 3 rings (SSSR count). The zero-order chi connectivity index (χ0) is 18.5. The number of nitrogens with one attached hydrogen (secondary N) is 3. The Kier molecular flexibility index (Phi) is 5.19. The number of benzene rings is 2. The number of amides is 1. The first-order valence-electron chi connectivity index (χ1n) is 7.79. The number of aryl methyl sites for hydroxylation is 1. The second-order valence-electron chi connectivity index (χ2n) is 5.56. The van der Waals surface area contributed by atoms with Crippen molar-refractivity contribution >= 4 is 40.5 Å². The lowest BCUT2D eigenvalue weighted by Gasteiger charge is -2.13. The van der Waals surface area contributed by atoms with Gasteiger partial charge < -0.3 is 11.1 Å². The molecule has 0 fully saturated rings. The third-order valence-corrected chi connectivity index (χ3v) is 3.85. The van der Waals surface area contributed by atoms with Crippen molar-refractivity contribution in [2.75, 3.05) is 16.5 Å². The van der Waals surface area contributed by atoms with Gasteiger partial charge in [-0.15, -0.1) is 0 Å². The van der Waals surface area contributed by atoms with Crippen LogP contribution in [-0.4, -0.2) is 15.9 Å². The number of hydrazine groups is 1. The number of rotatable bonds is 5. The third kappa shape index (κ3) is 4.20. The Morgan fingerprint density at radius 2 is 1.65 bits per heavy atom. The number of nitrogens with two attached hydrogens (primary N) is 1. The highest BCUT2D eigenvalue weighted by molar-refractivity contribution is 6.30. The summed E-state index contributed by atoms with van der Waals surface area (Å²) in [6.45, 7) is 2.01. The zero-order valence-electron chi connectivity index (χ0n) is 14.0. The molecule has 5 N–H and O–H groups in total. The minimum Gasteiger partial charge on any atom is -0.393 e. The topological polar surface area (TPSA) is 105 Å². The predicted octanol–water partition coefficient (Wildman–Crippen LogP) is 3.52. The van der Waals surface area contributed by atoms with E-state index in [1.165, 1.54) is 6.33 Å². The highest BCUT2D eigenvalue weighted by Crippen LogP contribution is 2.25. The maximum atomic E-state index is 12.1. The summed E-state index contributed by atoms with van der Waals surface area (Å²) in [4.78, 5) is 20.3. The monoisotopic (exact) mass is 368 g/mol. The van der Waals surface area contributed by atoms with E-state index in [2.05, 4.69) is 26.1 Å². The Balaban J connectivity index is 1.69. The molecular formula is C18H17ClN6O.